The van der Waals surface area contributed by atoms with E-state index in [2.05, 4.69) is 37.1 Å². The molecule has 5 nitrogen and oxygen atoms in total. The van der Waals surface area contributed by atoms with Crippen LogP contribution in [0.2, 0.25) is 0 Å². The molecule has 0 saturated carbocycles. The Bertz CT molecular complexity index is 517. The summed E-state index contributed by atoms with van der Waals surface area (Å²) in [6.45, 7) is 11.5. The van der Waals surface area contributed by atoms with Gasteiger partial charge in [0, 0.05) is 45.5 Å². The number of amides is 2. The second kappa shape index (κ2) is 7.79. The number of hydrogen-bond donors (Lipinski definition) is 1. The molecule has 5 heteroatoms. The Kier molecular flexibility index (Phi) is 6.02. The standard InChI is InChI=1S/C18H29N3O2/c1-18(2,3)15-7-5-6-8-16(15)19-17(22)21-11-9-20(10-12-21)13-14-23-4/h5-8H,9-14H2,1-4H3,(H,19,22). The molecule has 0 spiro atoms. The highest BCUT2D eigenvalue weighted by molar-refractivity contribution is 5.90. The first-order valence-electron chi connectivity index (χ1n) is 8.28. The zero-order chi connectivity index (χ0) is 16.9. The van der Waals surface area contributed by atoms with Crippen LogP contribution in [0.15, 0.2) is 24.3 Å². The number of para-hydroxylation sites is 1. The topological polar surface area (TPSA) is 44.8 Å². The number of piperazine rings is 1. The molecule has 128 valence electrons. The maximum Gasteiger partial charge on any atom is 0.321 e. The average Bonchev–Trinajstić information content (AvgIpc) is 2.53. The fourth-order valence-corrected chi connectivity index (χ4v) is 2.84. The number of urea groups is 1. The molecule has 1 N–H and O–H groups in total. The number of rotatable bonds is 4. The first kappa shape index (κ1) is 17.8. The summed E-state index contributed by atoms with van der Waals surface area (Å²) >= 11 is 0. The minimum Gasteiger partial charge on any atom is -0.383 e. The lowest BCUT2D eigenvalue weighted by atomic mass is 9.86. The summed E-state index contributed by atoms with van der Waals surface area (Å²) in [6, 6.07) is 8.04. The molecule has 1 aromatic carbocycles. The lowest BCUT2D eigenvalue weighted by molar-refractivity contribution is 0.109. The number of anilines is 1. The highest BCUT2D eigenvalue weighted by atomic mass is 16.5. The van der Waals surface area contributed by atoms with Gasteiger partial charge in [0.05, 0.1) is 6.61 Å². The van der Waals surface area contributed by atoms with Crippen molar-refractivity contribution in [3.05, 3.63) is 29.8 Å². The van der Waals surface area contributed by atoms with Crippen LogP contribution >= 0.6 is 0 Å². The number of nitrogens with zero attached hydrogens (tertiary/aromatic N) is 2. The summed E-state index contributed by atoms with van der Waals surface area (Å²) in [5.74, 6) is 0. The van der Waals surface area contributed by atoms with E-state index in [-0.39, 0.29) is 11.4 Å². The minimum absolute atomic E-state index is 0.00270. The molecule has 0 atom stereocenters. The molecule has 0 bridgehead atoms. The largest absolute Gasteiger partial charge is 0.383 e. The Morgan fingerprint density at radius 2 is 1.83 bits per heavy atom. The highest BCUT2D eigenvalue weighted by Gasteiger charge is 2.23. The molecule has 0 radical (unpaired) electrons. The van der Waals surface area contributed by atoms with Crippen LogP contribution in [0.5, 0.6) is 0 Å². The van der Waals surface area contributed by atoms with Crippen LogP contribution in [0.3, 0.4) is 0 Å². The summed E-state index contributed by atoms with van der Waals surface area (Å²) in [5, 5.41) is 3.09. The molecule has 0 aliphatic carbocycles. The number of hydrogen-bond acceptors (Lipinski definition) is 3. The number of benzene rings is 1. The molecule has 2 amide bonds. The van der Waals surface area contributed by atoms with Crippen molar-refractivity contribution in [3.8, 4) is 0 Å². The van der Waals surface area contributed by atoms with Crippen molar-refractivity contribution in [2.45, 2.75) is 26.2 Å². The van der Waals surface area contributed by atoms with E-state index in [1.54, 1.807) is 7.11 Å². The van der Waals surface area contributed by atoms with Gasteiger partial charge in [-0.1, -0.05) is 39.0 Å². The molecular formula is C18H29N3O2. The molecule has 0 aromatic heterocycles. The third-order valence-electron chi connectivity index (χ3n) is 4.25. The van der Waals surface area contributed by atoms with Crippen molar-refractivity contribution < 1.29 is 9.53 Å². The maximum absolute atomic E-state index is 12.5. The second-order valence-corrected chi connectivity index (χ2v) is 7.05. The zero-order valence-corrected chi connectivity index (χ0v) is 14.8. The Hall–Kier alpha value is -1.59. The second-order valence-electron chi connectivity index (χ2n) is 7.05. The van der Waals surface area contributed by atoms with Crippen LogP contribution in [0.25, 0.3) is 0 Å². The number of nitrogens with one attached hydrogen (secondary N) is 1. The smallest absolute Gasteiger partial charge is 0.321 e. The molecule has 1 fully saturated rings. The third kappa shape index (κ3) is 4.94. The Labute approximate surface area is 139 Å². The molecule has 2 rings (SSSR count). The van der Waals surface area contributed by atoms with Crippen LogP contribution in [-0.4, -0.2) is 62.3 Å². The van der Waals surface area contributed by atoms with E-state index in [0.717, 1.165) is 50.6 Å². The van der Waals surface area contributed by atoms with E-state index < -0.39 is 0 Å². The Balaban J connectivity index is 1.94. The number of carbonyl (C=O) groups excluding carboxylic acids is 1. The van der Waals surface area contributed by atoms with Crippen LogP contribution in [0, 0.1) is 0 Å². The number of methoxy groups -OCH3 is 1. The van der Waals surface area contributed by atoms with E-state index in [4.69, 9.17) is 4.74 Å². The molecular weight excluding hydrogens is 290 g/mol. The van der Waals surface area contributed by atoms with Crippen molar-refractivity contribution >= 4 is 11.7 Å². The molecule has 1 aromatic rings. The first-order valence-corrected chi connectivity index (χ1v) is 8.28. The van der Waals surface area contributed by atoms with Gasteiger partial charge in [-0.25, -0.2) is 4.79 Å². The van der Waals surface area contributed by atoms with Gasteiger partial charge < -0.3 is 15.0 Å². The lowest BCUT2D eigenvalue weighted by Gasteiger charge is -2.35. The van der Waals surface area contributed by atoms with Gasteiger partial charge in [0.15, 0.2) is 0 Å². The van der Waals surface area contributed by atoms with Crippen molar-refractivity contribution in [2.24, 2.45) is 0 Å². The van der Waals surface area contributed by atoms with E-state index >= 15 is 0 Å². The molecule has 23 heavy (non-hydrogen) atoms. The number of ether oxygens (including phenoxy) is 1. The summed E-state index contributed by atoms with van der Waals surface area (Å²) in [7, 11) is 1.72. The Morgan fingerprint density at radius 3 is 2.43 bits per heavy atom. The number of carbonyl (C=O) groups is 1. The lowest BCUT2D eigenvalue weighted by Crippen LogP contribution is -2.50. The van der Waals surface area contributed by atoms with Crippen molar-refractivity contribution in [1.82, 2.24) is 9.80 Å². The molecule has 1 heterocycles. The predicted molar refractivity (Wildman–Crippen MR) is 94.0 cm³/mol. The van der Waals surface area contributed by atoms with Gasteiger partial charge in [-0.3, -0.25) is 4.90 Å². The highest BCUT2D eigenvalue weighted by Crippen LogP contribution is 2.29. The SMILES string of the molecule is COCCN1CCN(C(=O)Nc2ccccc2C(C)(C)C)CC1. The van der Waals surface area contributed by atoms with Gasteiger partial charge in [0.2, 0.25) is 0 Å². The van der Waals surface area contributed by atoms with Gasteiger partial charge in [0.1, 0.15) is 0 Å². The quantitative estimate of drug-likeness (QED) is 0.928. The normalized spacial score (nSPS) is 16.4. The van der Waals surface area contributed by atoms with Gasteiger partial charge in [-0.2, -0.15) is 0 Å². The summed E-state index contributed by atoms with van der Waals surface area (Å²) in [6.07, 6.45) is 0. The van der Waals surface area contributed by atoms with Crippen LogP contribution in [0.1, 0.15) is 26.3 Å². The fraction of sp³-hybridized carbons (Fsp3) is 0.611. The molecule has 1 saturated heterocycles. The monoisotopic (exact) mass is 319 g/mol. The van der Waals surface area contributed by atoms with Gasteiger partial charge in [-0.15, -0.1) is 0 Å². The van der Waals surface area contributed by atoms with Gasteiger partial charge >= 0.3 is 6.03 Å². The van der Waals surface area contributed by atoms with Crippen molar-refractivity contribution in [3.63, 3.8) is 0 Å². The van der Waals surface area contributed by atoms with Crippen molar-refractivity contribution in [2.75, 3.05) is 51.8 Å². The summed E-state index contributed by atoms with van der Waals surface area (Å²) in [4.78, 5) is 16.8. The molecule has 1 aliphatic heterocycles. The Morgan fingerprint density at radius 1 is 1.17 bits per heavy atom. The van der Waals surface area contributed by atoms with Crippen LogP contribution < -0.4 is 5.32 Å². The van der Waals surface area contributed by atoms with E-state index in [0.29, 0.717) is 0 Å². The molecule has 0 unspecified atom stereocenters. The molecule has 1 aliphatic rings. The van der Waals surface area contributed by atoms with E-state index in [1.807, 2.05) is 23.1 Å². The summed E-state index contributed by atoms with van der Waals surface area (Å²) in [5.41, 5.74) is 2.07. The zero-order valence-electron chi connectivity index (χ0n) is 14.8. The fourth-order valence-electron chi connectivity index (χ4n) is 2.84. The average molecular weight is 319 g/mol. The summed E-state index contributed by atoms with van der Waals surface area (Å²) < 4.78 is 5.11. The third-order valence-corrected chi connectivity index (χ3v) is 4.25. The maximum atomic E-state index is 12.5. The van der Waals surface area contributed by atoms with E-state index in [1.165, 1.54) is 0 Å². The predicted octanol–water partition coefficient (Wildman–Crippen LogP) is 2.78. The van der Waals surface area contributed by atoms with Crippen molar-refractivity contribution in [1.29, 1.82) is 0 Å². The van der Waals surface area contributed by atoms with Crippen LogP contribution in [-0.2, 0) is 10.2 Å². The van der Waals surface area contributed by atoms with Crippen LogP contribution in [0.4, 0.5) is 10.5 Å². The van der Waals surface area contributed by atoms with E-state index in [9.17, 15) is 4.79 Å². The minimum atomic E-state index is -0.00640. The first-order chi connectivity index (χ1) is 10.9. The van der Waals surface area contributed by atoms with Gasteiger partial charge in [0.25, 0.3) is 0 Å². The van der Waals surface area contributed by atoms with Gasteiger partial charge in [-0.05, 0) is 17.0 Å².